The van der Waals surface area contributed by atoms with Crippen LogP contribution in [0.1, 0.15) is 10.4 Å². The molecule has 0 aliphatic heterocycles. The van der Waals surface area contributed by atoms with Gasteiger partial charge in [0.15, 0.2) is 0 Å². The predicted molar refractivity (Wildman–Crippen MR) is 40.1 cm³/mol. The maximum atomic E-state index is 10.4. The minimum absolute atomic E-state index is 0. The van der Waals surface area contributed by atoms with Gasteiger partial charge in [0.25, 0.3) is 5.69 Å². The van der Waals surface area contributed by atoms with Crippen LogP contribution in [0.15, 0.2) is 24.3 Å². The summed E-state index contributed by atoms with van der Waals surface area (Å²) < 4.78 is 0. The van der Waals surface area contributed by atoms with E-state index in [1.54, 1.807) is 0 Å². The van der Waals surface area contributed by atoms with Crippen LogP contribution in [-0.4, -0.2) is 16.0 Å². The molecule has 5 nitrogen and oxygen atoms in total. The molecule has 1 aromatic rings. The molecule has 0 unspecified atom stereocenters. The van der Waals surface area contributed by atoms with E-state index in [1.807, 2.05) is 0 Å². The second kappa shape index (κ2) is 5.46. The molecule has 0 aliphatic rings. The summed E-state index contributed by atoms with van der Waals surface area (Å²) in [5.41, 5.74) is -0.674. The molecular weight excluding hydrogens is 201 g/mol. The zero-order chi connectivity index (χ0) is 9.14. The quantitative estimate of drug-likeness (QED) is 0.355. The van der Waals surface area contributed by atoms with E-state index in [-0.39, 0.29) is 62.6 Å². The van der Waals surface area contributed by atoms with Gasteiger partial charge in [-0.05, 0) is 6.07 Å². The number of carboxylic acid groups (broad SMARTS) is 1. The van der Waals surface area contributed by atoms with Crippen molar-refractivity contribution in [2.24, 2.45) is 0 Å². The Morgan fingerprint density at radius 3 is 2.31 bits per heavy atom. The maximum Gasteiger partial charge on any atom is 1.00 e. The topological polar surface area (TPSA) is 80.4 Å². The van der Waals surface area contributed by atoms with E-state index in [0.717, 1.165) is 6.07 Å². The number of benzene rings is 1. The van der Waals surface area contributed by atoms with Crippen molar-refractivity contribution in [2.75, 3.05) is 0 Å². The first-order chi connectivity index (χ1) is 5.63. The standard InChI is InChI=1S/C7H5NO4.K/c9-7(10)5-3-1-2-4-6(5)8(11)12;/h1-4H,(H,9,10);/q;+1. The fourth-order valence-electron chi connectivity index (χ4n) is 0.814. The molecule has 0 saturated carbocycles. The summed E-state index contributed by atoms with van der Waals surface area (Å²) in [6.07, 6.45) is 0. The van der Waals surface area contributed by atoms with Crippen molar-refractivity contribution in [3.05, 3.63) is 39.9 Å². The molecule has 6 heteroatoms. The third kappa shape index (κ3) is 3.16. The Bertz CT molecular complexity index is 306. The van der Waals surface area contributed by atoms with Gasteiger partial charge in [0.2, 0.25) is 0 Å². The van der Waals surface area contributed by atoms with Gasteiger partial charge in [-0.3, -0.25) is 10.1 Å². The first-order valence-corrected chi connectivity index (χ1v) is 3.09. The Morgan fingerprint density at radius 2 is 1.92 bits per heavy atom. The molecule has 0 saturated heterocycles. The summed E-state index contributed by atoms with van der Waals surface area (Å²) in [6.45, 7) is 0. The van der Waals surface area contributed by atoms with E-state index in [0.29, 0.717) is 0 Å². The number of rotatable bonds is 2. The van der Waals surface area contributed by atoms with Crippen LogP contribution >= 0.6 is 0 Å². The van der Waals surface area contributed by atoms with E-state index < -0.39 is 10.9 Å². The zero-order valence-electron chi connectivity index (χ0n) is 6.93. The number of hydrogen-bond acceptors (Lipinski definition) is 3. The molecular formula is C7H5KNO4+. The van der Waals surface area contributed by atoms with Crippen molar-refractivity contribution in [3.8, 4) is 0 Å². The molecule has 0 atom stereocenters. The largest absolute Gasteiger partial charge is 1.00 e. The van der Waals surface area contributed by atoms with E-state index in [4.69, 9.17) is 5.11 Å². The summed E-state index contributed by atoms with van der Waals surface area (Å²) in [5.74, 6) is -1.29. The first-order valence-electron chi connectivity index (χ1n) is 3.09. The van der Waals surface area contributed by atoms with Crippen LogP contribution in [0, 0.1) is 10.1 Å². The van der Waals surface area contributed by atoms with Gasteiger partial charge < -0.3 is 5.11 Å². The van der Waals surface area contributed by atoms with Crippen LogP contribution in [0.4, 0.5) is 5.69 Å². The molecule has 0 spiro atoms. The summed E-state index contributed by atoms with van der Waals surface area (Å²) in [5, 5.41) is 18.8. The van der Waals surface area contributed by atoms with Crippen LogP contribution in [0.25, 0.3) is 0 Å². The molecule has 0 amide bonds. The van der Waals surface area contributed by atoms with Crippen LogP contribution in [-0.2, 0) is 0 Å². The molecule has 62 valence electrons. The molecule has 0 radical (unpaired) electrons. The third-order valence-electron chi connectivity index (χ3n) is 1.33. The summed E-state index contributed by atoms with van der Waals surface area (Å²) in [6, 6.07) is 5.21. The van der Waals surface area contributed by atoms with Crippen molar-refractivity contribution in [1.82, 2.24) is 0 Å². The number of para-hydroxylation sites is 1. The molecule has 13 heavy (non-hydrogen) atoms. The molecule has 0 bridgehead atoms. The van der Waals surface area contributed by atoms with Gasteiger partial charge in [-0.25, -0.2) is 4.79 Å². The van der Waals surface area contributed by atoms with Crippen molar-refractivity contribution in [1.29, 1.82) is 0 Å². The van der Waals surface area contributed by atoms with E-state index in [9.17, 15) is 14.9 Å². The van der Waals surface area contributed by atoms with E-state index >= 15 is 0 Å². The fraction of sp³-hybridized carbons (Fsp3) is 0. The summed E-state index contributed by atoms with van der Waals surface area (Å²) in [7, 11) is 0. The zero-order valence-corrected chi connectivity index (χ0v) is 10.1. The molecule has 0 aliphatic carbocycles. The number of carbonyl (C=O) groups is 1. The van der Waals surface area contributed by atoms with Gasteiger partial charge in [0, 0.05) is 6.07 Å². The Hall–Kier alpha value is -0.274. The van der Waals surface area contributed by atoms with Crippen LogP contribution in [0.2, 0.25) is 0 Å². The van der Waals surface area contributed by atoms with Crippen molar-refractivity contribution < 1.29 is 66.2 Å². The molecule has 0 heterocycles. The second-order valence-corrected chi connectivity index (χ2v) is 2.08. The average Bonchev–Trinajstić information content (AvgIpc) is 2.04. The number of hydrogen-bond donors (Lipinski definition) is 1. The predicted octanol–water partition coefficient (Wildman–Crippen LogP) is -1.70. The van der Waals surface area contributed by atoms with Crippen LogP contribution < -0.4 is 51.4 Å². The molecule has 1 rings (SSSR count). The monoisotopic (exact) mass is 206 g/mol. The van der Waals surface area contributed by atoms with Crippen LogP contribution in [0.5, 0.6) is 0 Å². The van der Waals surface area contributed by atoms with Crippen molar-refractivity contribution in [2.45, 2.75) is 0 Å². The number of aromatic carboxylic acids is 1. The minimum atomic E-state index is -1.29. The van der Waals surface area contributed by atoms with Gasteiger partial charge in [-0.1, -0.05) is 12.1 Å². The van der Waals surface area contributed by atoms with Gasteiger partial charge in [0.1, 0.15) is 5.56 Å². The van der Waals surface area contributed by atoms with E-state index in [2.05, 4.69) is 0 Å². The fourth-order valence-corrected chi connectivity index (χ4v) is 0.814. The Labute approximate surface area is 116 Å². The van der Waals surface area contributed by atoms with Crippen molar-refractivity contribution in [3.63, 3.8) is 0 Å². The van der Waals surface area contributed by atoms with Gasteiger partial charge in [0.05, 0.1) is 4.92 Å². The maximum absolute atomic E-state index is 10.4. The van der Waals surface area contributed by atoms with Gasteiger partial charge >= 0.3 is 57.4 Å². The Kier molecular flexibility index (Phi) is 5.34. The normalized spacial score (nSPS) is 8.62. The SMILES string of the molecule is O=C(O)c1ccccc1[N+](=O)[O-].[K+]. The third-order valence-corrected chi connectivity index (χ3v) is 1.33. The molecule has 1 aromatic carbocycles. The molecule has 0 fully saturated rings. The number of nitrogens with zero attached hydrogens (tertiary/aromatic N) is 1. The molecule has 0 aromatic heterocycles. The number of carboxylic acids is 1. The van der Waals surface area contributed by atoms with Crippen LogP contribution in [0.3, 0.4) is 0 Å². The summed E-state index contributed by atoms with van der Waals surface area (Å²) >= 11 is 0. The molecule has 1 N–H and O–H groups in total. The second-order valence-electron chi connectivity index (χ2n) is 2.08. The Balaban J connectivity index is 0.00000144. The smallest absolute Gasteiger partial charge is 0.477 e. The Morgan fingerprint density at radius 1 is 1.38 bits per heavy atom. The average molecular weight is 206 g/mol. The van der Waals surface area contributed by atoms with Gasteiger partial charge in [-0.2, -0.15) is 0 Å². The van der Waals surface area contributed by atoms with E-state index in [1.165, 1.54) is 18.2 Å². The summed E-state index contributed by atoms with van der Waals surface area (Å²) in [4.78, 5) is 20.0. The van der Waals surface area contributed by atoms with Crippen molar-refractivity contribution >= 4 is 11.7 Å². The first kappa shape index (κ1) is 12.7. The van der Waals surface area contributed by atoms with Gasteiger partial charge in [-0.15, -0.1) is 0 Å². The number of nitro groups is 1. The number of nitro benzene ring substituents is 1. The minimum Gasteiger partial charge on any atom is -0.477 e.